The third-order valence-corrected chi connectivity index (χ3v) is 26.7. The lowest BCUT2D eigenvalue weighted by Gasteiger charge is -2.67. The Bertz CT molecular complexity index is 5010. The molecule has 4 saturated carbocycles. The first-order chi connectivity index (χ1) is 57.4. The number of hydrogen-bond acceptors (Lipinski definition) is 28. The van der Waals surface area contributed by atoms with Crippen LogP contribution in [0.5, 0.6) is 0 Å². The van der Waals surface area contributed by atoms with Crippen molar-refractivity contribution in [3.63, 3.8) is 0 Å². The van der Waals surface area contributed by atoms with E-state index in [9.17, 15) is 78.6 Å². The molecule has 8 aliphatic rings. The molecule has 8 N–H and O–H groups in total. The number of nitrogens with one attached hydrogen (secondary N) is 2. The van der Waals surface area contributed by atoms with Crippen LogP contribution in [0.15, 0.2) is 186 Å². The van der Waals surface area contributed by atoms with Gasteiger partial charge in [0.1, 0.15) is 47.8 Å². The van der Waals surface area contributed by atoms with Gasteiger partial charge in [-0.3, -0.25) is 38.4 Å². The zero-order valence-electron chi connectivity index (χ0n) is 70.2. The lowest BCUT2D eigenvalue weighted by atomic mass is 9.44. The number of fused-ring (bicyclic) bond motifs is 10. The molecule has 2 amide bonds. The summed E-state index contributed by atoms with van der Waals surface area (Å²) in [4.78, 5) is 166. The van der Waals surface area contributed by atoms with E-state index in [4.69, 9.17) is 47.4 Å². The molecule has 5 aromatic rings. The number of ether oxygens (including phenoxy) is 10. The number of rotatable bonds is 20. The fraction of sp³-hybridized carbons (Fsp3) is 0.478. The van der Waals surface area contributed by atoms with Crippen molar-refractivity contribution >= 4 is 71.1 Å². The van der Waals surface area contributed by atoms with Gasteiger partial charge in [0.25, 0.3) is 5.91 Å². The lowest BCUT2D eigenvalue weighted by molar-refractivity contribution is -0.346. The maximum atomic E-state index is 15.5. The molecular formula is C92H104N2O28. The average molecular weight is 1690 g/mol. The minimum atomic E-state index is -2.39. The van der Waals surface area contributed by atoms with Gasteiger partial charge in [-0.15, -0.1) is 0 Å². The highest BCUT2D eigenvalue weighted by Gasteiger charge is 2.81. The van der Waals surface area contributed by atoms with Crippen molar-refractivity contribution in [3.8, 4) is 0 Å². The Morgan fingerprint density at radius 3 is 1.10 bits per heavy atom. The van der Waals surface area contributed by atoms with E-state index < -0.39 is 225 Å². The molecule has 22 atom stereocenters. The molecule has 30 nitrogen and oxygen atoms in total. The first kappa shape index (κ1) is 90.3. The normalized spacial score (nSPS) is 32.4. The Hall–Kier alpha value is -11.0. The SMILES string of the molecule is C/C=C(\C)C(=O)N[C@@H](c1ccccc1)[C@@H](O)C(=O)OC1C[C@@]2(O)[C@@H](OC(=O)c3ccccc3)[C@@H]3[C@]4(OC(C)=O)CO[C@@H]4C[C@H](O)[C@@]3(C)C(=O)[C@H](OC(C)=O)C(=C1C)C2(C)C.CC(=O)O[C@H]1C(=O)[C@@]2(C)[C@H]([C@H](OC(=O)c3ccccc3)[C@]3(O)CC(OC(=O)[C@H](O)[C@@H](NC(=O)c4ccccc4)c4ccccc4)C(C)=C1C3(C)C)[C@]1(OC(C)=O)CO[C@@H]1C[C@@H]2O. The number of carbonyl (C=O) groups is 12. The van der Waals surface area contributed by atoms with Crippen molar-refractivity contribution < 1.29 is 136 Å². The van der Waals surface area contributed by atoms with Crippen LogP contribution in [0.4, 0.5) is 0 Å². The molecule has 13 rings (SSSR count). The van der Waals surface area contributed by atoms with Gasteiger partial charge in [-0.2, -0.15) is 0 Å². The highest BCUT2D eigenvalue weighted by molar-refractivity contribution is 5.98. The number of aliphatic hydroxyl groups is 6. The van der Waals surface area contributed by atoms with Gasteiger partial charge >= 0.3 is 47.8 Å². The van der Waals surface area contributed by atoms with Crippen molar-refractivity contribution in [2.75, 3.05) is 13.2 Å². The van der Waals surface area contributed by atoms with Crippen LogP contribution < -0.4 is 10.6 Å². The molecule has 5 aromatic carbocycles. The maximum absolute atomic E-state index is 15.5. The summed E-state index contributed by atoms with van der Waals surface area (Å²) in [6.07, 6.45) is -19.4. The highest BCUT2D eigenvalue weighted by atomic mass is 16.7. The van der Waals surface area contributed by atoms with E-state index in [1.165, 1.54) is 52.0 Å². The Labute approximate surface area is 704 Å². The van der Waals surface area contributed by atoms with Crippen LogP contribution >= 0.6 is 0 Å². The van der Waals surface area contributed by atoms with Gasteiger partial charge < -0.3 is 88.6 Å². The number of carbonyl (C=O) groups excluding carboxylic acids is 12. The molecule has 30 heteroatoms. The van der Waals surface area contributed by atoms with Gasteiger partial charge in [0, 0.05) is 75.3 Å². The third kappa shape index (κ3) is 15.7. The molecule has 122 heavy (non-hydrogen) atoms. The monoisotopic (exact) mass is 1680 g/mol. The van der Waals surface area contributed by atoms with Crippen molar-refractivity contribution in [2.24, 2.45) is 33.5 Å². The molecule has 0 spiro atoms. The van der Waals surface area contributed by atoms with Gasteiger partial charge in [-0.05, 0) is 111 Å². The Balaban J connectivity index is 0.000000223. The minimum absolute atomic E-state index is 0.00140. The predicted octanol–water partition coefficient (Wildman–Crippen LogP) is 7.12. The molecule has 0 radical (unpaired) electrons. The Kier molecular flexibility index (Phi) is 25.5. The first-order valence-electron chi connectivity index (χ1n) is 40.4. The second kappa shape index (κ2) is 34.4. The van der Waals surface area contributed by atoms with Gasteiger partial charge in [-0.1, -0.05) is 149 Å². The Morgan fingerprint density at radius 1 is 0.459 bits per heavy atom. The summed E-state index contributed by atoms with van der Waals surface area (Å²) in [5.41, 5.74) is -13.9. The number of hydrogen-bond donors (Lipinski definition) is 8. The van der Waals surface area contributed by atoms with Crippen molar-refractivity contribution in [1.29, 1.82) is 0 Å². The number of ketones is 2. The summed E-state index contributed by atoms with van der Waals surface area (Å²) >= 11 is 0. The van der Waals surface area contributed by atoms with E-state index in [-0.39, 0.29) is 65.0 Å². The molecule has 2 unspecified atom stereocenters. The van der Waals surface area contributed by atoms with Crippen LogP contribution in [0.25, 0.3) is 0 Å². The summed E-state index contributed by atoms with van der Waals surface area (Å²) in [5, 5.41) is 80.3. The van der Waals surface area contributed by atoms with E-state index in [1.807, 2.05) is 0 Å². The molecule has 650 valence electrons. The van der Waals surface area contributed by atoms with E-state index in [1.54, 1.807) is 175 Å². The van der Waals surface area contributed by atoms with E-state index in [0.29, 0.717) is 16.7 Å². The highest BCUT2D eigenvalue weighted by Crippen LogP contribution is 2.67. The number of amides is 2. The number of esters is 8. The van der Waals surface area contributed by atoms with Crippen LogP contribution in [0, 0.1) is 33.5 Å². The van der Waals surface area contributed by atoms with Crippen LogP contribution in [0.1, 0.15) is 177 Å². The second-order valence-corrected chi connectivity index (χ2v) is 34.3. The van der Waals surface area contributed by atoms with Gasteiger partial charge in [0.2, 0.25) is 5.91 Å². The largest absolute Gasteiger partial charge is 0.456 e. The van der Waals surface area contributed by atoms with Gasteiger partial charge in [0.15, 0.2) is 47.2 Å². The van der Waals surface area contributed by atoms with E-state index >= 15 is 9.59 Å². The molecule has 6 fully saturated rings. The topological polar surface area (TPSA) is 443 Å². The first-order valence-corrected chi connectivity index (χ1v) is 40.4. The standard InChI is InChI=1S/C47H51NO14.C45H53NO14/c1-25-31(60-43(56)36(52)35(28-16-10-7-11-17-28)48-41(54)29-18-12-8-13-19-29)23-47(57)40(61-42(55)30-20-14-9-15-21-30)38-45(6,32(51)22-33-46(38,24-58-33)62-27(3)50)39(53)37(59-26(2)49)34(25)44(47,4)5;1-9-23(2)39(52)46-33(27-16-12-10-13-17-27)34(50)41(54)58-29-21-45(55)38(59-40(53)28-18-14-11-15-19-28)36-43(8,30(49)20-31-44(36,22-56-31)60-26(5)48)37(51)35(57-25(4)47)32(24(29)3)42(45,6)7/h7-21,31-33,35-38,40,51-52,57H,22-24H2,1-6H3,(H,48,54);9-19,29-31,33-36,38,49-50,55H,20-22H2,1-8H3,(H,46,52)/b;23-9+/t31?,32-,33+,35-,36+,37+,38-,40-,45+,46-,47+;29?,30-,31+,33-,34+,35+,36-,38-,43+,44-,45+/m00/s1. The summed E-state index contributed by atoms with van der Waals surface area (Å²) in [5.74, 6) is -13.6. The third-order valence-electron chi connectivity index (χ3n) is 26.7. The summed E-state index contributed by atoms with van der Waals surface area (Å²) in [6.45, 7) is 19.2. The lowest BCUT2D eigenvalue weighted by Crippen LogP contribution is -2.82. The van der Waals surface area contributed by atoms with Crippen LogP contribution in [0.3, 0.4) is 0 Å². The zero-order chi connectivity index (χ0) is 89.1. The van der Waals surface area contributed by atoms with Crippen LogP contribution in [-0.4, -0.2) is 211 Å². The minimum Gasteiger partial charge on any atom is -0.456 e. The summed E-state index contributed by atoms with van der Waals surface area (Å²) < 4.78 is 60.5. The maximum Gasteiger partial charge on any atom is 0.338 e. The van der Waals surface area contributed by atoms with Gasteiger partial charge in [-0.25, -0.2) is 19.2 Å². The van der Waals surface area contributed by atoms with Crippen LogP contribution in [-0.2, 0) is 90.5 Å². The number of benzene rings is 5. The number of aliphatic hydroxyl groups excluding tert-OH is 4. The zero-order valence-corrected chi connectivity index (χ0v) is 70.2. The van der Waals surface area contributed by atoms with E-state index in [0.717, 1.165) is 27.7 Å². The van der Waals surface area contributed by atoms with Crippen molar-refractivity contribution in [2.45, 2.75) is 230 Å². The molecular weight excluding hydrogens is 1580 g/mol. The molecule has 2 saturated heterocycles. The summed E-state index contributed by atoms with van der Waals surface area (Å²) in [7, 11) is 0. The quantitative estimate of drug-likeness (QED) is 0.0166. The fourth-order valence-electron chi connectivity index (χ4n) is 19.9. The smallest absolute Gasteiger partial charge is 0.338 e. The molecule has 2 aliphatic heterocycles. The summed E-state index contributed by atoms with van der Waals surface area (Å²) in [6, 6.07) is 37.7. The second-order valence-electron chi connectivity index (χ2n) is 34.3. The fourth-order valence-corrected chi connectivity index (χ4v) is 19.9. The number of Topliss-reactive ketones (excluding diaryl/α,β-unsaturated/α-hetero) is 2. The van der Waals surface area contributed by atoms with Crippen molar-refractivity contribution in [1.82, 2.24) is 10.6 Å². The Morgan fingerprint density at radius 2 is 0.787 bits per heavy atom. The number of allylic oxidation sites excluding steroid dienone is 1. The molecule has 0 aromatic heterocycles. The van der Waals surface area contributed by atoms with Crippen LogP contribution in [0.2, 0.25) is 0 Å². The van der Waals surface area contributed by atoms with Gasteiger partial charge in [0.05, 0.1) is 71.3 Å². The van der Waals surface area contributed by atoms with Crippen molar-refractivity contribution in [3.05, 3.63) is 213 Å². The predicted molar refractivity (Wildman–Crippen MR) is 429 cm³/mol. The van der Waals surface area contributed by atoms with E-state index in [2.05, 4.69) is 10.6 Å². The molecule has 4 bridgehead atoms. The molecule has 6 aliphatic carbocycles. The average Bonchev–Trinajstić information content (AvgIpc) is 0.672. The molecule has 2 heterocycles.